The molecule has 1 aliphatic rings. The van der Waals surface area contributed by atoms with Crippen molar-refractivity contribution in [3.63, 3.8) is 0 Å². The lowest BCUT2D eigenvalue weighted by molar-refractivity contribution is -0.148. The van der Waals surface area contributed by atoms with E-state index in [-0.39, 0.29) is 24.1 Å². The van der Waals surface area contributed by atoms with Gasteiger partial charge in [-0.05, 0) is 44.6 Å². The summed E-state index contributed by atoms with van der Waals surface area (Å²) in [5.74, 6) is -0.0669. The lowest BCUT2D eigenvalue weighted by atomic mass is 9.86. The van der Waals surface area contributed by atoms with Crippen LogP contribution in [-0.2, 0) is 14.3 Å². The first-order valence-electron chi connectivity index (χ1n) is 9.22. The molecular weight excluding hydrogens is 333 g/mol. The van der Waals surface area contributed by atoms with Gasteiger partial charge in [-0.2, -0.15) is 0 Å². The molecule has 4 atom stereocenters. The number of ether oxygens (including phenoxy) is 2. The lowest BCUT2D eigenvalue weighted by Gasteiger charge is -2.34. The zero-order chi connectivity index (χ0) is 18.2. The third kappa shape index (κ3) is 6.20. The van der Waals surface area contributed by atoms with E-state index in [0.717, 1.165) is 36.7 Å². The summed E-state index contributed by atoms with van der Waals surface area (Å²) in [6, 6.07) is 9.45. The monoisotopic (exact) mass is 363 g/mol. The topological polar surface area (TPSA) is 47.9 Å². The standard InChI is InChI=1S/C20H30NO3P/c1-4-5-11-23-20(22)18(17-12-14(2)24-15(3)13-17)21-19(25)16-9-7-6-8-10-16/h6-10,14-15,17-18H,4-5,11-13,25H2,1-3H3/t14-,15-,18-/m1/s1. The molecule has 0 amide bonds. The number of benzene rings is 1. The fourth-order valence-corrected chi connectivity index (χ4v) is 3.65. The molecule has 0 N–H and O–H groups in total. The van der Waals surface area contributed by atoms with E-state index in [9.17, 15) is 4.79 Å². The lowest BCUT2D eigenvalue weighted by Crippen LogP contribution is -2.39. The van der Waals surface area contributed by atoms with Gasteiger partial charge < -0.3 is 9.47 Å². The van der Waals surface area contributed by atoms with E-state index < -0.39 is 6.04 Å². The minimum Gasteiger partial charge on any atom is -0.464 e. The SMILES string of the molecule is CCCCOC(=O)[C@H](N=C(P)c1ccccc1)C1C[C@@H](C)O[C@H](C)C1. The van der Waals surface area contributed by atoms with Crippen LogP contribution in [0.5, 0.6) is 0 Å². The molecule has 0 aromatic heterocycles. The molecule has 4 nitrogen and oxygen atoms in total. The molecule has 0 radical (unpaired) electrons. The van der Waals surface area contributed by atoms with Crippen LogP contribution >= 0.6 is 9.24 Å². The van der Waals surface area contributed by atoms with Crippen LogP contribution in [-0.4, -0.2) is 36.3 Å². The molecule has 1 aliphatic heterocycles. The minimum atomic E-state index is -0.474. The van der Waals surface area contributed by atoms with Crippen LogP contribution in [0.25, 0.3) is 0 Å². The Kier molecular flexibility index (Phi) is 8.05. The van der Waals surface area contributed by atoms with Gasteiger partial charge in [-0.1, -0.05) is 52.9 Å². The van der Waals surface area contributed by atoms with E-state index in [2.05, 4.69) is 30.0 Å². The second-order valence-corrected chi connectivity index (χ2v) is 7.38. The van der Waals surface area contributed by atoms with E-state index in [0.29, 0.717) is 6.61 Å². The predicted molar refractivity (Wildman–Crippen MR) is 105 cm³/mol. The Labute approximate surface area is 153 Å². The second-order valence-electron chi connectivity index (χ2n) is 6.84. The van der Waals surface area contributed by atoms with Gasteiger partial charge in [0.1, 0.15) is 0 Å². The highest BCUT2D eigenvalue weighted by molar-refractivity contribution is 7.42. The minimum absolute atomic E-state index is 0.138. The Morgan fingerprint density at radius 3 is 2.52 bits per heavy atom. The summed E-state index contributed by atoms with van der Waals surface area (Å²) in [5.41, 5.74) is 1.80. The van der Waals surface area contributed by atoms with E-state index in [1.807, 2.05) is 30.3 Å². The van der Waals surface area contributed by atoms with Crippen LogP contribution in [0.2, 0.25) is 0 Å². The van der Waals surface area contributed by atoms with Crippen molar-refractivity contribution in [2.75, 3.05) is 6.61 Å². The van der Waals surface area contributed by atoms with Gasteiger partial charge in [0.2, 0.25) is 0 Å². The highest BCUT2D eigenvalue weighted by Gasteiger charge is 2.35. The van der Waals surface area contributed by atoms with Crippen molar-refractivity contribution in [1.29, 1.82) is 0 Å². The van der Waals surface area contributed by atoms with Crippen LogP contribution in [0.3, 0.4) is 0 Å². The number of esters is 1. The highest BCUT2D eigenvalue weighted by Crippen LogP contribution is 2.30. The van der Waals surface area contributed by atoms with Gasteiger partial charge in [0.15, 0.2) is 6.04 Å². The van der Waals surface area contributed by atoms with E-state index in [4.69, 9.17) is 14.5 Å². The van der Waals surface area contributed by atoms with E-state index in [1.54, 1.807) is 0 Å². The van der Waals surface area contributed by atoms with Gasteiger partial charge in [-0.3, -0.25) is 4.99 Å². The summed E-state index contributed by atoms with van der Waals surface area (Å²) >= 11 is 0. The summed E-state index contributed by atoms with van der Waals surface area (Å²) in [4.78, 5) is 17.5. The average Bonchev–Trinajstić information content (AvgIpc) is 2.59. The van der Waals surface area contributed by atoms with Crippen LogP contribution < -0.4 is 0 Å². The number of rotatable bonds is 7. The van der Waals surface area contributed by atoms with Gasteiger partial charge >= 0.3 is 5.97 Å². The Morgan fingerprint density at radius 2 is 1.92 bits per heavy atom. The Balaban J connectivity index is 2.20. The zero-order valence-electron chi connectivity index (χ0n) is 15.5. The number of aliphatic imine (C=N–C) groups is 1. The molecule has 0 bridgehead atoms. The summed E-state index contributed by atoms with van der Waals surface area (Å²) in [7, 11) is 2.67. The summed E-state index contributed by atoms with van der Waals surface area (Å²) in [6.07, 6.45) is 3.82. The fourth-order valence-electron chi connectivity index (χ4n) is 3.30. The fraction of sp³-hybridized carbons (Fsp3) is 0.600. The third-order valence-corrected chi connectivity index (χ3v) is 4.99. The molecule has 1 aromatic rings. The summed E-state index contributed by atoms with van der Waals surface area (Å²) in [6.45, 7) is 6.67. The van der Waals surface area contributed by atoms with Crippen molar-refractivity contribution in [1.82, 2.24) is 0 Å². The number of unbranched alkanes of at least 4 members (excludes halogenated alkanes) is 1. The van der Waals surface area contributed by atoms with Gasteiger partial charge in [0.05, 0.1) is 24.3 Å². The van der Waals surface area contributed by atoms with Crippen molar-refractivity contribution >= 4 is 20.7 Å². The van der Waals surface area contributed by atoms with E-state index in [1.165, 1.54) is 0 Å². The van der Waals surface area contributed by atoms with Gasteiger partial charge in [-0.15, -0.1) is 0 Å². The summed E-state index contributed by atoms with van der Waals surface area (Å²) < 4.78 is 11.3. The van der Waals surface area contributed by atoms with Crippen molar-refractivity contribution in [3.05, 3.63) is 35.9 Å². The molecule has 1 aromatic carbocycles. The number of carbonyl (C=O) groups excluding carboxylic acids is 1. The van der Waals surface area contributed by atoms with Crippen molar-refractivity contribution in [3.8, 4) is 0 Å². The predicted octanol–water partition coefficient (Wildman–Crippen LogP) is 4.22. The van der Waals surface area contributed by atoms with Gasteiger partial charge in [0.25, 0.3) is 0 Å². The molecule has 0 saturated carbocycles. The Bertz CT molecular complexity index is 566. The van der Waals surface area contributed by atoms with Crippen LogP contribution in [0.4, 0.5) is 0 Å². The smallest absolute Gasteiger partial charge is 0.331 e. The molecule has 0 aliphatic carbocycles. The molecule has 1 fully saturated rings. The average molecular weight is 363 g/mol. The van der Waals surface area contributed by atoms with Crippen molar-refractivity contribution < 1.29 is 14.3 Å². The normalized spacial score (nSPS) is 25.4. The van der Waals surface area contributed by atoms with Crippen molar-refractivity contribution in [2.45, 2.75) is 64.7 Å². The zero-order valence-corrected chi connectivity index (χ0v) is 16.6. The molecule has 25 heavy (non-hydrogen) atoms. The molecule has 1 unspecified atom stereocenters. The third-order valence-electron chi connectivity index (χ3n) is 4.51. The van der Waals surface area contributed by atoms with Gasteiger partial charge in [0, 0.05) is 0 Å². The highest BCUT2D eigenvalue weighted by atomic mass is 31.0. The second kappa shape index (κ2) is 10.0. The molecule has 1 saturated heterocycles. The molecule has 0 spiro atoms. The van der Waals surface area contributed by atoms with Gasteiger partial charge in [-0.25, -0.2) is 4.79 Å². The van der Waals surface area contributed by atoms with Crippen LogP contribution in [0.1, 0.15) is 52.0 Å². The molecular formula is C20H30NO3P. The number of hydrogen-bond acceptors (Lipinski definition) is 4. The summed E-state index contributed by atoms with van der Waals surface area (Å²) in [5, 5.41) is 0. The van der Waals surface area contributed by atoms with Crippen LogP contribution in [0.15, 0.2) is 35.3 Å². The number of carbonyl (C=O) groups is 1. The van der Waals surface area contributed by atoms with Crippen LogP contribution in [0, 0.1) is 5.92 Å². The van der Waals surface area contributed by atoms with Crippen molar-refractivity contribution in [2.24, 2.45) is 10.9 Å². The largest absolute Gasteiger partial charge is 0.464 e. The quantitative estimate of drug-likeness (QED) is 0.315. The van der Waals surface area contributed by atoms with E-state index >= 15 is 0 Å². The Hall–Kier alpha value is -1.25. The molecule has 2 rings (SSSR count). The maximum atomic E-state index is 12.7. The maximum Gasteiger partial charge on any atom is 0.331 e. The first-order chi connectivity index (χ1) is 12.0. The first kappa shape index (κ1) is 20.1. The molecule has 138 valence electrons. The number of nitrogens with zero attached hydrogens (tertiary/aromatic N) is 1. The molecule has 1 heterocycles. The number of hydrogen-bond donors (Lipinski definition) is 0. The first-order valence-corrected chi connectivity index (χ1v) is 9.79. The maximum absolute atomic E-state index is 12.7. The molecule has 5 heteroatoms. The Morgan fingerprint density at radius 1 is 1.28 bits per heavy atom.